The number of para-hydroxylation sites is 1. The molecule has 0 aliphatic carbocycles. The summed E-state index contributed by atoms with van der Waals surface area (Å²) < 4.78 is 6.03. The maximum atomic E-state index is 12.5. The fourth-order valence-electron chi connectivity index (χ4n) is 3.45. The van der Waals surface area contributed by atoms with Crippen molar-refractivity contribution in [1.82, 2.24) is 0 Å². The van der Waals surface area contributed by atoms with Crippen molar-refractivity contribution in [2.75, 3.05) is 0 Å². The van der Waals surface area contributed by atoms with Crippen LogP contribution in [0.5, 0.6) is 5.75 Å². The van der Waals surface area contributed by atoms with Gasteiger partial charge in [0.25, 0.3) is 0 Å². The summed E-state index contributed by atoms with van der Waals surface area (Å²) >= 11 is 3.82. The zero-order valence-electron chi connectivity index (χ0n) is 16.7. The fraction of sp³-hybridized carbons (Fsp3) is 0.240. The minimum atomic E-state index is -0.221. The molecule has 0 unspecified atom stereocenters. The number of esters is 1. The second-order valence-corrected chi connectivity index (χ2v) is 9.82. The number of rotatable bonds is 4. The zero-order chi connectivity index (χ0) is 20.2. The van der Waals surface area contributed by atoms with Crippen molar-refractivity contribution in [2.24, 2.45) is 0 Å². The molecule has 0 aromatic heterocycles. The smallest absolute Gasteiger partial charge is 0.315 e. The number of carbonyl (C=O) groups is 1. The Labute approximate surface area is 181 Å². The third-order valence-corrected chi connectivity index (χ3v) is 8.07. The zero-order valence-corrected chi connectivity index (χ0v) is 18.3. The van der Waals surface area contributed by atoms with Crippen LogP contribution in [0.2, 0.25) is 0 Å². The maximum Gasteiger partial charge on any atom is 0.315 e. The van der Waals surface area contributed by atoms with Crippen molar-refractivity contribution in [3.05, 3.63) is 100 Å². The highest BCUT2D eigenvalue weighted by molar-refractivity contribution is 8.15. The first-order valence-electron chi connectivity index (χ1n) is 9.76. The van der Waals surface area contributed by atoms with Gasteiger partial charge in [0.1, 0.15) is 5.75 Å². The predicted octanol–water partition coefficient (Wildman–Crippen LogP) is 6.63. The molecule has 0 bridgehead atoms. The molecule has 3 aromatic carbocycles. The van der Waals surface area contributed by atoms with Crippen LogP contribution in [-0.2, 0) is 22.7 Å². The van der Waals surface area contributed by atoms with Crippen LogP contribution in [0.15, 0.2) is 66.7 Å². The summed E-state index contributed by atoms with van der Waals surface area (Å²) in [7, 11) is 0. The van der Waals surface area contributed by atoms with Gasteiger partial charge in [-0.2, -0.15) is 0 Å². The van der Waals surface area contributed by atoms with E-state index in [0.29, 0.717) is 5.75 Å². The van der Waals surface area contributed by atoms with E-state index in [0.717, 1.165) is 22.6 Å². The van der Waals surface area contributed by atoms with Crippen LogP contribution < -0.4 is 4.74 Å². The van der Waals surface area contributed by atoms with Crippen molar-refractivity contribution in [3.8, 4) is 5.75 Å². The highest BCUT2D eigenvalue weighted by Gasteiger charge is 2.23. The minimum absolute atomic E-state index is 0.221. The van der Waals surface area contributed by atoms with Crippen LogP contribution in [0.3, 0.4) is 0 Å². The van der Waals surface area contributed by atoms with E-state index in [2.05, 4.69) is 32.0 Å². The SMILES string of the molecule is Cc1cc2c(cc1C)CSC(c1ccccc1OC(=O)Cc1ccccc1)SC2. The molecule has 0 saturated heterocycles. The summed E-state index contributed by atoms with van der Waals surface area (Å²) in [6.45, 7) is 4.36. The van der Waals surface area contributed by atoms with Crippen LogP contribution >= 0.6 is 23.5 Å². The van der Waals surface area contributed by atoms with E-state index in [1.54, 1.807) is 0 Å². The molecule has 3 aromatic rings. The average molecular weight is 421 g/mol. The largest absolute Gasteiger partial charge is 0.426 e. The van der Waals surface area contributed by atoms with E-state index in [-0.39, 0.29) is 17.0 Å². The lowest BCUT2D eigenvalue weighted by Crippen LogP contribution is -2.12. The Bertz CT molecular complexity index is 982. The highest BCUT2D eigenvalue weighted by atomic mass is 32.2. The Hall–Kier alpha value is -2.17. The molecule has 1 aliphatic heterocycles. The summed E-state index contributed by atoms with van der Waals surface area (Å²) in [6, 6.07) is 22.3. The molecule has 148 valence electrons. The first-order chi connectivity index (χ1) is 14.1. The van der Waals surface area contributed by atoms with Gasteiger partial charge in [-0.15, -0.1) is 23.5 Å². The number of fused-ring (bicyclic) bond motifs is 1. The van der Waals surface area contributed by atoms with Gasteiger partial charge in [0.2, 0.25) is 0 Å². The third kappa shape index (κ3) is 4.88. The maximum absolute atomic E-state index is 12.5. The molecular formula is C25H24O2S2. The summed E-state index contributed by atoms with van der Waals surface area (Å²) in [5.41, 5.74) is 7.60. The van der Waals surface area contributed by atoms with Crippen LogP contribution in [-0.4, -0.2) is 5.97 Å². The molecular weight excluding hydrogens is 396 g/mol. The Morgan fingerprint density at radius 2 is 1.48 bits per heavy atom. The molecule has 29 heavy (non-hydrogen) atoms. The normalized spacial score (nSPS) is 14.1. The lowest BCUT2D eigenvalue weighted by Gasteiger charge is -2.17. The lowest BCUT2D eigenvalue weighted by atomic mass is 10.0. The molecule has 0 amide bonds. The van der Waals surface area contributed by atoms with Crippen LogP contribution in [0.4, 0.5) is 0 Å². The monoisotopic (exact) mass is 420 g/mol. The molecule has 4 heteroatoms. The van der Waals surface area contributed by atoms with Gasteiger partial charge in [0, 0.05) is 17.1 Å². The van der Waals surface area contributed by atoms with Gasteiger partial charge in [0.05, 0.1) is 11.0 Å². The Balaban J connectivity index is 1.50. The number of hydrogen-bond donors (Lipinski definition) is 0. The average Bonchev–Trinajstić information content (AvgIpc) is 2.92. The predicted molar refractivity (Wildman–Crippen MR) is 123 cm³/mol. The Morgan fingerprint density at radius 1 is 0.897 bits per heavy atom. The summed E-state index contributed by atoms with van der Waals surface area (Å²) in [5, 5.41) is 0. The van der Waals surface area contributed by atoms with Crippen LogP contribution in [0.1, 0.15) is 38.0 Å². The van der Waals surface area contributed by atoms with Gasteiger partial charge in [-0.25, -0.2) is 0 Å². The quantitative estimate of drug-likeness (QED) is 0.349. The second-order valence-electron chi connectivity index (χ2n) is 7.33. The fourth-order valence-corrected chi connectivity index (χ4v) is 6.19. The number of thioether (sulfide) groups is 2. The van der Waals surface area contributed by atoms with E-state index < -0.39 is 0 Å². The lowest BCUT2D eigenvalue weighted by molar-refractivity contribution is -0.133. The number of aryl methyl sites for hydroxylation is 2. The third-order valence-electron chi connectivity index (χ3n) is 5.18. The van der Waals surface area contributed by atoms with Crippen molar-refractivity contribution in [3.63, 3.8) is 0 Å². The molecule has 0 radical (unpaired) electrons. The Morgan fingerprint density at radius 3 is 2.14 bits per heavy atom. The van der Waals surface area contributed by atoms with Crippen molar-refractivity contribution in [2.45, 2.75) is 36.4 Å². The molecule has 2 nitrogen and oxygen atoms in total. The van der Waals surface area contributed by atoms with Gasteiger partial charge < -0.3 is 4.74 Å². The number of hydrogen-bond acceptors (Lipinski definition) is 4. The van der Waals surface area contributed by atoms with Gasteiger partial charge in [-0.3, -0.25) is 4.79 Å². The van der Waals surface area contributed by atoms with Gasteiger partial charge >= 0.3 is 5.97 Å². The topological polar surface area (TPSA) is 26.3 Å². The standard InChI is InChI=1S/C25H24O2S2/c1-17-12-20-15-28-25(29-16-21(20)13-18(17)2)22-10-6-7-11-23(22)27-24(26)14-19-8-4-3-5-9-19/h3-13,25H,14-16H2,1-2H3. The van der Waals surface area contributed by atoms with Crippen molar-refractivity contribution < 1.29 is 9.53 Å². The number of benzene rings is 3. The van der Waals surface area contributed by atoms with E-state index in [4.69, 9.17) is 4.74 Å². The van der Waals surface area contributed by atoms with Crippen LogP contribution in [0.25, 0.3) is 0 Å². The van der Waals surface area contributed by atoms with Gasteiger partial charge in [0.15, 0.2) is 0 Å². The molecule has 0 fully saturated rings. The van der Waals surface area contributed by atoms with E-state index in [9.17, 15) is 4.79 Å². The number of carbonyl (C=O) groups excluding carboxylic acids is 1. The van der Waals surface area contributed by atoms with E-state index in [1.807, 2.05) is 72.1 Å². The van der Waals surface area contributed by atoms with Crippen LogP contribution in [0, 0.1) is 13.8 Å². The highest BCUT2D eigenvalue weighted by Crippen LogP contribution is 2.49. The molecule has 1 heterocycles. The molecule has 0 N–H and O–H groups in total. The van der Waals surface area contributed by atoms with Gasteiger partial charge in [-0.1, -0.05) is 60.7 Å². The summed E-state index contributed by atoms with van der Waals surface area (Å²) in [6.07, 6.45) is 0.282. The van der Waals surface area contributed by atoms with E-state index >= 15 is 0 Å². The molecule has 4 rings (SSSR count). The first kappa shape index (κ1) is 20.1. The molecule has 1 aliphatic rings. The molecule has 0 spiro atoms. The van der Waals surface area contributed by atoms with E-state index in [1.165, 1.54) is 22.3 Å². The second kappa shape index (κ2) is 9.10. The molecule has 0 atom stereocenters. The first-order valence-corrected chi connectivity index (χ1v) is 11.9. The van der Waals surface area contributed by atoms with Crippen molar-refractivity contribution in [1.29, 1.82) is 0 Å². The number of ether oxygens (including phenoxy) is 1. The minimum Gasteiger partial charge on any atom is -0.426 e. The Kier molecular flexibility index (Phi) is 6.31. The summed E-state index contributed by atoms with van der Waals surface area (Å²) in [5.74, 6) is 2.40. The van der Waals surface area contributed by atoms with Crippen molar-refractivity contribution >= 4 is 29.5 Å². The van der Waals surface area contributed by atoms with Gasteiger partial charge in [-0.05, 0) is 47.7 Å². The molecule has 0 saturated carbocycles. The summed E-state index contributed by atoms with van der Waals surface area (Å²) in [4.78, 5) is 12.5.